The van der Waals surface area contributed by atoms with Crippen molar-refractivity contribution in [2.24, 2.45) is 0 Å². The summed E-state index contributed by atoms with van der Waals surface area (Å²) in [6.45, 7) is 4.13. The minimum Gasteiger partial charge on any atom is -0.478 e. The number of benzene rings is 2. The molecule has 0 amide bonds. The zero-order valence-electron chi connectivity index (χ0n) is 13.8. The van der Waals surface area contributed by atoms with Gasteiger partial charge in [-0.05, 0) is 48.6 Å². The van der Waals surface area contributed by atoms with Crippen molar-refractivity contribution >= 4 is 5.97 Å². The van der Waals surface area contributed by atoms with Crippen molar-refractivity contribution < 1.29 is 14.6 Å². The summed E-state index contributed by atoms with van der Waals surface area (Å²) in [7, 11) is 0. The maximum absolute atomic E-state index is 11.5. The first kappa shape index (κ1) is 17.1. The summed E-state index contributed by atoms with van der Waals surface area (Å²) >= 11 is 0. The lowest BCUT2D eigenvalue weighted by molar-refractivity contribution is -0.145. The van der Waals surface area contributed by atoms with Crippen LogP contribution >= 0.6 is 0 Å². The van der Waals surface area contributed by atoms with Gasteiger partial charge in [0.15, 0.2) is 6.10 Å². The molecule has 0 aliphatic carbocycles. The van der Waals surface area contributed by atoms with E-state index in [-0.39, 0.29) is 0 Å². The number of aliphatic carboxylic acids is 1. The van der Waals surface area contributed by atoms with Gasteiger partial charge in [0.25, 0.3) is 0 Å². The molecule has 3 nitrogen and oxygen atoms in total. The van der Waals surface area contributed by atoms with Gasteiger partial charge in [-0.2, -0.15) is 0 Å². The second-order valence-electron chi connectivity index (χ2n) is 5.89. The van der Waals surface area contributed by atoms with Gasteiger partial charge in [-0.3, -0.25) is 0 Å². The van der Waals surface area contributed by atoms with E-state index in [2.05, 4.69) is 19.1 Å². The lowest BCUT2D eigenvalue weighted by atomic mass is 10.0. The molecular weight excluding hydrogens is 288 g/mol. The Morgan fingerprint density at radius 1 is 1.13 bits per heavy atom. The summed E-state index contributed by atoms with van der Waals surface area (Å²) in [4.78, 5) is 11.5. The molecule has 2 aromatic rings. The molecule has 0 bridgehead atoms. The van der Waals surface area contributed by atoms with Crippen LogP contribution in [0.4, 0.5) is 0 Å². The topological polar surface area (TPSA) is 46.5 Å². The Balaban J connectivity index is 2.03. The normalized spacial score (nSPS) is 11.9. The molecule has 0 unspecified atom stereocenters. The highest BCUT2D eigenvalue weighted by molar-refractivity contribution is 5.73. The van der Waals surface area contributed by atoms with Crippen molar-refractivity contribution in [3.63, 3.8) is 0 Å². The smallest absolute Gasteiger partial charge is 0.345 e. The molecule has 1 atom stereocenters. The Kier molecular flexibility index (Phi) is 6.21. The molecule has 23 heavy (non-hydrogen) atoms. The Labute approximate surface area is 137 Å². The van der Waals surface area contributed by atoms with Crippen LogP contribution in [-0.2, 0) is 17.6 Å². The number of hydrogen-bond donors (Lipinski definition) is 1. The third kappa shape index (κ3) is 5.44. The minimum atomic E-state index is -0.943. The van der Waals surface area contributed by atoms with Crippen LogP contribution in [-0.4, -0.2) is 17.2 Å². The van der Waals surface area contributed by atoms with E-state index in [0.717, 1.165) is 17.5 Å². The van der Waals surface area contributed by atoms with Crippen LogP contribution in [0.3, 0.4) is 0 Å². The van der Waals surface area contributed by atoms with E-state index in [0.29, 0.717) is 12.2 Å². The number of carboxylic acids is 1. The molecule has 1 N–H and O–H groups in total. The molecule has 2 aromatic carbocycles. The highest BCUT2D eigenvalue weighted by Crippen LogP contribution is 2.17. The number of carbonyl (C=O) groups is 1. The van der Waals surface area contributed by atoms with E-state index in [1.807, 2.05) is 37.3 Å². The van der Waals surface area contributed by atoms with Crippen molar-refractivity contribution in [1.29, 1.82) is 0 Å². The first-order valence-corrected chi connectivity index (χ1v) is 8.12. The molecule has 0 aliphatic rings. The van der Waals surface area contributed by atoms with Crippen molar-refractivity contribution in [3.05, 3.63) is 65.2 Å². The molecule has 0 aromatic heterocycles. The van der Waals surface area contributed by atoms with Crippen LogP contribution in [0.25, 0.3) is 0 Å². The number of carboxylic acid groups (broad SMARTS) is 1. The van der Waals surface area contributed by atoms with Gasteiger partial charge in [-0.1, -0.05) is 49.7 Å². The van der Waals surface area contributed by atoms with Crippen LogP contribution in [0.2, 0.25) is 0 Å². The lowest BCUT2D eigenvalue weighted by Gasteiger charge is -2.16. The summed E-state index contributed by atoms with van der Waals surface area (Å²) in [5.41, 5.74) is 3.32. The van der Waals surface area contributed by atoms with Crippen molar-refractivity contribution in [3.8, 4) is 5.75 Å². The fourth-order valence-corrected chi connectivity index (χ4v) is 2.47. The number of aryl methyl sites for hydroxylation is 2. The number of unbranched alkanes of at least 4 members (excludes halogenated alkanes) is 1. The second-order valence-corrected chi connectivity index (χ2v) is 5.89. The van der Waals surface area contributed by atoms with Gasteiger partial charge in [0.05, 0.1) is 0 Å². The zero-order chi connectivity index (χ0) is 16.7. The van der Waals surface area contributed by atoms with Crippen LogP contribution in [0.1, 0.15) is 36.5 Å². The first-order chi connectivity index (χ1) is 11.1. The molecule has 0 spiro atoms. The molecule has 0 radical (unpaired) electrons. The Hall–Kier alpha value is -2.29. The molecule has 0 heterocycles. The largest absolute Gasteiger partial charge is 0.478 e. The average molecular weight is 312 g/mol. The van der Waals surface area contributed by atoms with Crippen LogP contribution < -0.4 is 4.74 Å². The van der Waals surface area contributed by atoms with E-state index in [1.54, 1.807) is 6.07 Å². The van der Waals surface area contributed by atoms with E-state index < -0.39 is 12.1 Å². The lowest BCUT2D eigenvalue weighted by Crippen LogP contribution is -2.29. The molecule has 2 rings (SSSR count). The standard InChI is InChI=1S/C20H24O3/c1-3-4-7-16-9-11-17(12-10-16)14-19(20(21)22)23-18-8-5-6-15(2)13-18/h5-6,8-13,19H,3-4,7,14H2,1-2H3,(H,21,22)/t19-/m1/s1. The average Bonchev–Trinajstić information content (AvgIpc) is 2.53. The summed E-state index contributed by atoms with van der Waals surface area (Å²) < 4.78 is 5.66. The maximum atomic E-state index is 11.5. The Bertz CT molecular complexity index is 632. The SMILES string of the molecule is CCCCc1ccc(C[C@@H](Oc2cccc(C)c2)C(=O)O)cc1. The molecule has 0 saturated carbocycles. The summed E-state index contributed by atoms with van der Waals surface area (Å²) in [6, 6.07) is 15.6. The highest BCUT2D eigenvalue weighted by atomic mass is 16.5. The van der Waals surface area contributed by atoms with Gasteiger partial charge >= 0.3 is 5.97 Å². The third-order valence-electron chi connectivity index (χ3n) is 3.81. The summed E-state index contributed by atoms with van der Waals surface area (Å²) in [5, 5.41) is 9.41. The van der Waals surface area contributed by atoms with Crippen molar-refractivity contribution in [2.75, 3.05) is 0 Å². The minimum absolute atomic E-state index is 0.358. The Morgan fingerprint density at radius 3 is 2.43 bits per heavy atom. The molecule has 0 fully saturated rings. The number of hydrogen-bond acceptors (Lipinski definition) is 2. The Morgan fingerprint density at radius 2 is 1.83 bits per heavy atom. The number of ether oxygens (including phenoxy) is 1. The van der Waals surface area contributed by atoms with Gasteiger partial charge in [0.2, 0.25) is 0 Å². The van der Waals surface area contributed by atoms with Gasteiger partial charge < -0.3 is 9.84 Å². The van der Waals surface area contributed by atoms with Crippen LogP contribution in [0.15, 0.2) is 48.5 Å². The van der Waals surface area contributed by atoms with E-state index >= 15 is 0 Å². The van der Waals surface area contributed by atoms with E-state index in [9.17, 15) is 9.90 Å². The van der Waals surface area contributed by atoms with Crippen molar-refractivity contribution in [2.45, 2.75) is 45.6 Å². The predicted molar refractivity (Wildman–Crippen MR) is 92.0 cm³/mol. The van der Waals surface area contributed by atoms with Crippen LogP contribution in [0, 0.1) is 6.92 Å². The fraction of sp³-hybridized carbons (Fsp3) is 0.350. The van der Waals surface area contributed by atoms with Crippen molar-refractivity contribution in [1.82, 2.24) is 0 Å². The second kappa shape index (κ2) is 8.37. The van der Waals surface area contributed by atoms with Crippen LogP contribution in [0.5, 0.6) is 5.75 Å². The highest BCUT2D eigenvalue weighted by Gasteiger charge is 2.20. The molecule has 3 heteroatoms. The monoisotopic (exact) mass is 312 g/mol. The molecule has 122 valence electrons. The number of rotatable bonds is 8. The van der Waals surface area contributed by atoms with Gasteiger partial charge in [0.1, 0.15) is 5.75 Å². The molecule has 0 aliphatic heterocycles. The summed E-state index contributed by atoms with van der Waals surface area (Å²) in [6.07, 6.45) is 2.90. The fourth-order valence-electron chi connectivity index (χ4n) is 2.47. The van der Waals surface area contributed by atoms with E-state index in [1.165, 1.54) is 18.4 Å². The third-order valence-corrected chi connectivity index (χ3v) is 3.81. The summed E-state index contributed by atoms with van der Waals surface area (Å²) in [5.74, 6) is -0.349. The molecular formula is C20H24O3. The van der Waals surface area contributed by atoms with Gasteiger partial charge in [-0.25, -0.2) is 4.79 Å². The quantitative estimate of drug-likeness (QED) is 0.785. The zero-order valence-corrected chi connectivity index (χ0v) is 13.8. The molecule has 0 saturated heterocycles. The first-order valence-electron chi connectivity index (χ1n) is 8.12. The maximum Gasteiger partial charge on any atom is 0.345 e. The van der Waals surface area contributed by atoms with Gasteiger partial charge in [-0.15, -0.1) is 0 Å². The van der Waals surface area contributed by atoms with Gasteiger partial charge in [0, 0.05) is 6.42 Å². The van der Waals surface area contributed by atoms with E-state index in [4.69, 9.17) is 4.74 Å². The predicted octanol–water partition coefficient (Wildman–Crippen LogP) is 4.41.